The van der Waals surface area contributed by atoms with Crippen LogP contribution in [-0.2, 0) is 20.1 Å². The maximum Gasteiger partial charge on any atom is 0.315 e. The zero-order valence-electron chi connectivity index (χ0n) is 14.9. The molecule has 1 aromatic carbocycles. The first-order valence-corrected chi connectivity index (χ1v) is 8.44. The molecule has 0 fully saturated rings. The van der Waals surface area contributed by atoms with E-state index < -0.39 is 0 Å². The quantitative estimate of drug-likeness (QED) is 0.891. The van der Waals surface area contributed by atoms with Gasteiger partial charge in [-0.2, -0.15) is 5.10 Å². The molecule has 2 aromatic rings. The molecule has 0 spiro atoms. The summed E-state index contributed by atoms with van der Waals surface area (Å²) in [5.74, 6) is 1.49. The number of aromatic nitrogens is 2. The lowest BCUT2D eigenvalue weighted by Gasteiger charge is -2.11. The van der Waals surface area contributed by atoms with Gasteiger partial charge in [-0.1, -0.05) is 6.07 Å². The Hall–Kier alpha value is -2.70. The summed E-state index contributed by atoms with van der Waals surface area (Å²) >= 11 is 0. The van der Waals surface area contributed by atoms with Gasteiger partial charge in [-0.3, -0.25) is 4.68 Å². The van der Waals surface area contributed by atoms with E-state index in [-0.39, 0.29) is 6.03 Å². The third-order valence-corrected chi connectivity index (χ3v) is 4.35. The minimum atomic E-state index is -0.213. The molecule has 1 aliphatic heterocycles. The summed E-state index contributed by atoms with van der Waals surface area (Å²) in [5, 5.41) is 10.1. The van der Waals surface area contributed by atoms with E-state index in [9.17, 15) is 4.79 Å². The number of carbonyl (C=O) groups is 1. The molecule has 0 aliphatic carbocycles. The predicted molar refractivity (Wildman–Crippen MR) is 93.8 cm³/mol. The van der Waals surface area contributed by atoms with Gasteiger partial charge >= 0.3 is 6.03 Å². The van der Waals surface area contributed by atoms with E-state index in [0.717, 1.165) is 40.4 Å². The minimum Gasteiger partial charge on any atom is -0.490 e. The fourth-order valence-electron chi connectivity index (χ4n) is 2.80. The highest BCUT2D eigenvalue weighted by Crippen LogP contribution is 2.30. The molecule has 2 amide bonds. The van der Waals surface area contributed by atoms with Crippen molar-refractivity contribution in [2.45, 2.75) is 33.4 Å². The van der Waals surface area contributed by atoms with Crippen molar-refractivity contribution in [3.8, 4) is 11.5 Å². The summed E-state index contributed by atoms with van der Waals surface area (Å²) < 4.78 is 13.1. The van der Waals surface area contributed by atoms with E-state index in [1.54, 1.807) is 0 Å². The molecule has 2 N–H and O–H groups in total. The van der Waals surface area contributed by atoms with Crippen molar-refractivity contribution < 1.29 is 14.3 Å². The number of rotatable bonds is 4. The number of aryl methyl sites for hydroxylation is 2. The molecule has 7 nitrogen and oxygen atoms in total. The zero-order valence-corrected chi connectivity index (χ0v) is 14.9. The first-order chi connectivity index (χ1) is 12.0. The van der Waals surface area contributed by atoms with Crippen LogP contribution in [0.3, 0.4) is 0 Å². The van der Waals surface area contributed by atoms with Gasteiger partial charge in [-0.05, 0) is 31.5 Å². The van der Waals surface area contributed by atoms with E-state index in [1.165, 1.54) is 0 Å². The Kier molecular flexibility index (Phi) is 5.11. The maximum atomic E-state index is 12.1. The molecule has 3 rings (SSSR count). The summed E-state index contributed by atoms with van der Waals surface area (Å²) in [6.07, 6.45) is 0.873. The zero-order chi connectivity index (χ0) is 17.8. The molecule has 1 aliphatic rings. The average Bonchev–Trinajstić information content (AvgIpc) is 2.77. The number of amides is 2. The number of benzene rings is 1. The molecular weight excluding hydrogens is 320 g/mol. The molecule has 0 radical (unpaired) electrons. The second-order valence-electron chi connectivity index (χ2n) is 6.14. The van der Waals surface area contributed by atoms with E-state index in [2.05, 4.69) is 15.7 Å². The van der Waals surface area contributed by atoms with Gasteiger partial charge in [0.2, 0.25) is 0 Å². The molecule has 2 heterocycles. The summed E-state index contributed by atoms with van der Waals surface area (Å²) in [7, 11) is 1.90. The van der Waals surface area contributed by atoms with Gasteiger partial charge in [0.15, 0.2) is 11.5 Å². The third kappa shape index (κ3) is 4.04. The number of carbonyl (C=O) groups excluding carboxylic acids is 1. The van der Waals surface area contributed by atoms with Crippen molar-refractivity contribution in [1.29, 1.82) is 0 Å². The molecule has 0 unspecified atom stereocenters. The van der Waals surface area contributed by atoms with Crippen LogP contribution in [0.5, 0.6) is 11.5 Å². The number of nitrogens with zero attached hydrogens (tertiary/aromatic N) is 2. The Balaban J connectivity index is 1.53. The summed E-state index contributed by atoms with van der Waals surface area (Å²) in [5.41, 5.74) is 4.00. The standard InChI is InChI=1S/C18H24N4O3/c1-12-15(13(2)22(3)21-12)11-20-18(23)19-10-14-5-6-16-17(9-14)25-8-4-7-24-16/h5-6,9H,4,7-8,10-11H2,1-3H3,(H2,19,20,23). The Morgan fingerprint density at radius 1 is 1.16 bits per heavy atom. The monoisotopic (exact) mass is 344 g/mol. The first-order valence-electron chi connectivity index (χ1n) is 8.44. The van der Waals surface area contributed by atoms with Crippen molar-refractivity contribution in [3.63, 3.8) is 0 Å². The highest BCUT2D eigenvalue weighted by molar-refractivity contribution is 5.73. The molecular formula is C18H24N4O3. The van der Waals surface area contributed by atoms with Gasteiger partial charge in [0, 0.05) is 37.8 Å². The van der Waals surface area contributed by atoms with Crippen molar-refractivity contribution in [2.24, 2.45) is 7.05 Å². The molecule has 0 saturated carbocycles. The summed E-state index contributed by atoms with van der Waals surface area (Å²) in [6.45, 7) is 6.13. The van der Waals surface area contributed by atoms with E-state index >= 15 is 0 Å². The fourth-order valence-corrected chi connectivity index (χ4v) is 2.80. The van der Waals surface area contributed by atoms with E-state index in [0.29, 0.717) is 26.3 Å². The van der Waals surface area contributed by atoms with Crippen LogP contribution >= 0.6 is 0 Å². The molecule has 1 aromatic heterocycles. The number of urea groups is 1. The second kappa shape index (κ2) is 7.46. The Morgan fingerprint density at radius 2 is 1.88 bits per heavy atom. The molecule has 7 heteroatoms. The van der Waals surface area contributed by atoms with Gasteiger partial charge < -0.3 is 20.1 Å². The van der Waals surface area contributed by atoms with Crippen LogP contribution in [-0.4, -0.2) is 29.0 Å². The van der Waals surface area contributed by atoms with Crippen LogP contribution < -0.4 is 20.1 Å². The lowest BCUT2D eigenvalue weighted by molar-refractivity contribution is 0.240. The SMILES string of the molecule is Cc1nn(C)c(C)c1CNC(=O)NCc1ccc2c(c1)OCCCO2. The van der Waals surface area contributed by atoms with Gasteiger partial charge in [-0.15, -0.1) is 0 Å². The van der Waals surface area contributed by atoms with Gasteiger partial charge in [0.1, 0.15) is 0 Å². The van der Waals surface area contributed by atoms with Crippen LogP contribution in [0.25, 0.3) is 0 Å². The average molecular weight is 344 g/mol. The number of hydrogen-bond acceptors (Lipinski definition) is 4. The molecule has 25 heavy (non-hydrogen) atoms. The Labute approximate surface area is 147 Å². The molecule has 0 atom stereocenters. The minimum absolute atomic E-state index is 0.213. The number of fused-ring (bicyclic) bond motifs is 1. The van der Waals surface area contributed by atoms with Crippen LogP contribution in [0.2, 0.25) is 0 Å². The fraction of sp³-hybridized carbons (Fsp3) is 0.444. The molecule has 134 valence electrons. The van der Waals surface area contributed by atoms with Crippen LogP contribution in [0.15, 0.2) is 18.2 Å². The topological polar surface area (TPSA) is 77.4 Å². The number of nitrogens with one attached hydrogen (secondary N) is 2. The number of hydrogen-bond donors (Lipinski definition) is 2. The highest BCUT2D eigenvalue weighted by Gasteiger charge is 2.12. The van der Waals surface area contributed by atoms with E-state index in [4.69, 9.17) is 9.47 Å². The molecule has 0 bridgehead atoms. The van der Waals surface area contributed by atoms with Crippen LogP contribution in [0.4, 0.5) is 4.79 Å². The second-order valence-corrected chi connectivity index (χ2v) is 6.14. The smallest absolute Gasteiger partial charge is 0.315 e. The number of ether oxygens (including phenoxy) is 2. The van der Waals surface area contributed by atoms with Crippen molar-refractivity contribution in [1.82, 2.24) is 20.4 Å². The lowest BCUT2D eigenvalue weighted by Crippen LogP contribution is -2.34. The van der Waals surface area contributed by atoms with E-state index in [1.807, 2.05) is 43.8 Å². The van der Waals surface area contributed by atoms with Crippen molar-refractivity contribution in [2.75, 3.05) is 13.2 Å². The highest BCUT2D eigenvalue weighted by atomic mass is 16.5. The predicted octanol–water partition coefficient (Wildman–Crippen LogP) is 2.20. The van der Waals surface area contributed by atoms with Crippen molar-refractivity contribution >= 4 is 6.03 Å². The Bertz CT molecular complexity index is 770. The maximum absolute atomic E-state index is 12.1. The summed E-state index contributed by atoms with van der Waals surface area (Å²) in [4.78, 5) is 12.1. The third-order valence-electron chi connectivity index (χ3n) is 4.35. The van der Waals surface area contributed by atoms with Crippen LogP contribution in [0.1, 0.15) is 28.9 Å². The van der Waals surface area contributed by atoms with Gasteiger partial charge in [0.05, 0.1) is 18.9 Å². The Morgan fingerprint density at radius 3 is 2.60 bits per heavy atom. The van der Waals surface area contributed by atoms with Crippen molar-refractivity contribution in [3.05, 3.63) is 40.7 Å². The van der Waals surface area contributed by atoms with Gasteiger partial charge in [-0.25, -0.2) is 4.79 Å². The first kappa shape index (κ1) is 17.1. The molecule has 0 saturated heterocycles. The lowest BCUT2D eigenvalue weighted by atomic mass is 10.2. The summed E-state index contributed by atoms with van der Waals surface area (Å²) in [6, 6.07) is 5.52. The van der Waals surface area contributed by atoms with Gasteiger partial charge in [0.25, 0.3) is 0 Å². The largest absolute Gasteiger partial charge is 0.490 e. The normalized spacial score (nSPS) is 13.2. The van der Waals surface area contributed by atoms with Crippen LogP contribution in [0, 0.1) is 13.8 Å².